The summed E-state index contributed by atoms with van der Waals surface area (Å²) in [6.45, 7) is 1.46. The predicted octanol–water partition coefficient (Wildman–Crippen LogP) is 4.72. The van der Waals surface area contributed by atoms with E-state index < -0.39 is 17.6 Å². The van der Waals surface area contributed by atoms with Gasteiger partial charge >= 0.3 is 0 Å². The average molecular weight is 478 g/mol. The van der Waals surface area contributed by atoms with Crippen molar-refractivity contribution in [1.82, 2.24) is 0 Å². The molecule has 3 amide bonds. The van der Waals surface area contributed by atoms with E-state index in [-0.39, 0.29) is 28.1 Å². The number of rotatable bonds is 6. The second-order valence-corrected chi connectivity index (χ2v) is 7.75. The number of halogens is 2. The zero-order chi connectivity index (χ0) is 24.4. The molecule has 0 aliphatic carbocycles. The molecule has 9 heteroatoms. The summed E-state index contributed by atoms with van der Waals surface area (Å²) in [6.07, 6.45) is 0. The Labute approximate surface area is 198 Å². The average Bonchev–Trinajstić information content (AvgIpc) is 3.03. The normalized spacial score (nSPS) is 13.3. The minimum absolute atomic E-state index is 0.0735. The van der Waals surface area contributed by atoms with Gasteiger partial charge in [-0.2, -0.15) is 0 Å². The van der Waals surface area contributed by atoms with Gasteiger partial charge in [-0.25, -0.2) is 9.29 Å². The standard InChI is InChI=1S/C25H17ClFN3O4/c1-14(31)15-6-10-18(11-7-15)29-23(32)16-8-12-17(13-9-16)28-22-21(26)24(33)30(25(22)34)20-5-3-2-4-19(20)27/h2-13,28H,1H3,(H,29,32). The zero-order valence-electron chi connectivity index (χ0n) is 17.8. The van der Waals surface area contributed by atoms with Crippen LogP contribution in [0.25, 0.3) is 0 Å². The molecule has 4 rings (SSSR count). The van der Waals surface area contributed by atoms with E-state index in [2.05, 4.69) is 10.6 Å². The van der Waals surface area contributed by atoms with E-state index in [0.717, 1.165) is 6.07 Å². The summed E-state index contributed by atoms with van der Waals surface area (Å²) in [5.74, 6) is -2.82. The van der Waals surface area contributed by atoms with Crippen LogP contribution in [0.2, 0.25) is 0 Å². The SMILES string of the molecule is CC(=O)c1ccc(NC(=O)c2ccc(NC3=C(Cl)C(=O)N(c4ccccc4F)C3=O)cc2)cc1. The molecule has 1 heterocycles. The van der Waals surface area contributed by atoms with Crippen LogP contribution in [0, 0.1) is 5.82 Å². The van der Waals surface area contributed by atoms with Crippen LogP contribution in [-0.2, 0) is 9.59 Å². The number of para-hydroxylation sites is 1. The molecule has 1 aliphatic rings. The van der Waals surface area contributed by atoms with Gasteiger partial charge in [0.2, 0.25) is 0 Å². The van der Waals surface area contributed by atoms with Crippen molar-refractivity contribution >= 4 is 52.2 Å². The number of benzene rings is 3. The minimum atomic E-state index is -0.842. The molecule has 0 aromatic heterocycles. The number of carbonyl (C=O) groups is 4. The molecule has 0 saturated carbocycles. The first-order valence-electron chi connectivity index (χ1n) is 10.1. The van der Waals surface area contributed by atoms with E-state index in [1.807, 2.05) is 0 Å². The highest BCUT2D eigenvalue weighted by atomic mass is 35.5. The summed E-state index contributed by atoms with van der Waals surface area (Å²) in [5, 5.41) is 5.13. The number of amides is 3. The number of ketones is 1. The number of Topliss-reactive ketones (excluding diaryl/α,β-unsaturated/α-hetero) is 1. The molecule has 0 saturated heterocycles. The fraction of sp³-hybridized carbons (Fsp3) is 0.0400. The van der Waals surface area contributed by atoms with E-state index in [9.17, 15) is 23.6 Å². The van der Waals surface area contributed by atoms with Crippen molar-refractivity contribution in [2.24, 2.45) is 0 Å². The largest absolute Gasteiger partial charge is 0.350 e. The number of hydrogen-bond acceptors (Lipinski definition) is 5. The molecule has 3 aromatic carbocycles. The fourth-order valence-corrected chi connectivity index (χ4v) is 3.52. The number of hydrogen-bond donors (Lipinski definition) is 2. The molecule has 3 aromatic rings. The van der Waals surface area contributed by atoms with Crippen LogP contribution >= 0.6 is 11.6 Å². The molecule has 170 valence electrons. The van der Waals surface area contributed by atoms with Gasteiger partial charge in [0.05, 0.1) is 5.69 Å². The van der Waals surface area contributed by atoms with E-state index in [1.54, 1.807) is 24.3 Å². The Hall–Kier alpha value is -4.30. The Morgan fingerprint density at radius 3 is 2.03 bits per heavy atom. The third-order valence-electron chi connectivity index (χ3n) is 5.09. The topological polar surface area (TPSA) is 95.6 Å². The van der Waals surface area contributed by atoms with Gasteiger partial charge in [-0.05, 0) is 67.6 Å². The Morgan fingerprint density at radius 1 is 0.824 bits per heavy atom. The Bertz CT molecular complexity index is 1350. The van der Waals surface area contributed by atoms with Crippen molar-refractivity contribution in [3.8, 4) is 0 Å². The van der Waals surface area contributed by atoms with Gasteiger partial charge in [0.25, 0.3) is 17.7 Å². The molecule has 0 unspecified atom stereocenters. The summed E-state index contributed by atoms with van der Waals surface area (Å²) >= 11 is 6.07. The molecule has 0 spiro atoms. The molecular weight excluding hydrogens is 461 g/mol. The summed E-state index contributed by atoms with van der Waals surface area (Å²) in [6, 6.07) is 18.0. The summed E-state index contributed by atoms with van der Waals surface area (Å²) in [5.41, 5.74) is 1.40. The molecule has 0 fully saturated rings. The molecule has 0 atom stereocenters. The lowest BCUT2D eigenvalue weighted by Crippen LogP contribution is -2.33. The van der Waals surface area contributed by atoms with Crippen LogP contribution in [0.1, 0.15) is 27.6 Å². The number of nitrogens with one attached hydrogen (secondary N) is 2. The van der Waals surface area contributed by atoms with Gasteiger partial charge in [0, 0.05) is 22.5 Å². The van der Waals surface area contributed by atoms with Crippen LogP contribution in [0.15, 0.2) is 83.5 Å². The maximum atomic E-state index is 14.1. The van der Waals surface area contributed by atoms with Gasteiger partial charge < -0.3 is 10.6 Å². The van der Waals surface area contributed by atoms with Crippen molar-refractivity contribution < 1.29 is 23.6 Å². The quantitative estimate of drug-likeness (QED) is 0.396. The first kappa shape index (κ1) is 22.9. The number of imide groups is 1. The van der Waals surface area contributed by atoms with Crippen molar-refractivity contribution in [2.45, 2.75) is 6.92 Å². The number of carbonyl (C=O) groups excluding carboxylic acids is 4. The Morgan fingerprint density at radius 2 is 1.41 bits per heavy atom. The lowest BCUT2D eigenvalue weighted by molar-refractivity contribution is -0.120. The van der Waals surface area contributed by atoms with Crippen LogP contribution in [0.5, 0.6) is 0 Å². The lowest BCUT2D eigenvalue weighted by atomic mass is 10.1. The first-order valence-corrected chi connectivity index (χ1v) is 10.5. The molecule has 2 N–H and O–H groups in total. The van der Waals surface area contributed by atoms with Gasteiger partial charge in [0.1, 0.15) is 16.5 Å². The fourth-order valence-electron chi connectivity index (χ4n) is 3.30. The van der Waals surface area contributed by atoms with Crippen molar-refractivity contribution in [2.75, 3.05) is 15.5 Å². The Kier molecular flexibility index (Phi) is 6.25. The van der Waals surface area contributed by atoms with Crippen LogP contribution < -0.4 is 15.5 Å². The molecule has 0 radical (unpaired) electrons. The second-order valence-electron chi connectivity index (χ2n) is 7.38. The highest BCUT2D eigenvalue weighted by molar-refractivity contribution is 6.53. The third-order valence-corrected chi connectivity index (χ3v) is 5.44. The van der Waals surface area contributed by atoms with Crippen LogP contribution in [0.3, 0.4) is 0 Å². The molecular formula is C25H17ClFN3O4. The summed E-state index contributed by atoms with van der Waals surface area (Å²) in [4.78, 5) is 49.8. The number of anilines is 3. The van der Waals surface area contributed by atoms with Gasteiger partial charge in [-0.1, -0.05) is 23.7 Å². The van der Waals surface area contributed by atoms with Gasteiger partial charge in [-0.3, -0.25) is 19.2 Å². The van der Waals surface area contributed by atoms with Crippen LogP contribution in [0.4, 0.5) is 21.5 Å². The highest BCUT2D eigenvalue weighted by Gasteiger charge is 2.40. The van der Waals surface area contributed by atoms with Crippen molar-refractivity contribution in [1.29, 1.82) is 0 Å². The maximum absolute atomic E-state index is 14.1. The maximum Gasteiger partial charge on any atom is 0.283 e. The Balaban J connectivity index is 1.46. The predicted molar refractivity (Wildman–Crippen MR) is 126 cm³/mol. The summed E-state index contributed by atoms with van der Waals surface area (Å²) in [7, 11) is 0. The van der Waals surface area contributed by atoms with Crippen molar-refractivity contribution in [3.05, 3.63) is 100 Å². The highest BCUT2D eigenvalue weighted by Crippen LogP contribution is 2.31. The van der Waals surface area contributed by atoms with E-state index in [0.29, 0.717) is 27.4 Å². The number of nitrogens with zero attached hydrogens (tertiary/aromatic N) is 1. The molecule has 0 bridgehead atoms. The molecule has 1 aliphatic heterocycles. The van der Waals surface area contributed by atoms with Crippen LogP contribution in [-0.4, -0.2) is 23.5 Å². The zero-order valence-corrected chi connectivity index (χ0v) is 18.5. The van der Waals surface area contributed by atoms with Gasteiger partial charge in [0.15, 0.2) is 5.78 Å². The summed E-state index contributed by atoms with van der Waals surface area (Å²) < 4.78 is 14.1. The monoisotopic (exact) mass is 477 g/mol. The second kappa shape index (κ2) is 9.29. The lowest BCUT2D eigenvalue weighted by Gasteiger charge is -2.15. The third kappa shape index (κ3) is 4.44. The van der Waals surface area contributed by atoms with E-state index in [1.165, 1.54) is 49.4 Å². The van der Waals surface area contributed by atoms with E-state index in [4.69, 9.17) is 11.6 Å². The van der Waals surface area contributed by atoms with E-state index >= 15 is 0 Å². The molecule has 34 heavy (non-hydrogen) atoms. The first-order chi connectivity index (χ1) is 16.3. The smallest absolute Gasteiger partial charge is 0.283 e. The van der Waals surface area contributed by atoms with Gasteiger partial charge in [-0.15, -0.1) is 0 Å². The minimum Gasteiger partial charge on any atom is -0.350 e. The molecule has 7 nitrogen and oxygen atoms in total. The van der Waals surface area contributed by atoms with Crippen molar-refractivity contribution in [3.63, 3.8) is 0 Å².